The van der Waals surface area contributed by atoms with E-state index in [1.807, 2.05) is 4.90 Å². The molecular weight excluding hydrogens is 294 g/mol. The van der Waals surface area contributed by atoms with Crippen LogP contribution in [0.2, 0.25) is 5.28 Å². The predicted molar refractivity (Wildman–Crippen MR) is 82.0 cm³/mol. The quantitative estimate of drug-likeness (QED) is 0.763. The van der Waals surface area contributed by atoms with Crippen molar-refractivity contribution >= 4 is 23.5 Å². The smallest absolute Gasteiger partial charge is 0.231 e. The summed E-state index contributed by atoms with van der Waals surface area (Å²) in [5.41, 5.74) is 0. The maximum absolute atomic E-state index is 5.96. The van der Waals surface area contributed by atoms with Crippen molar-refractivity contribution in [1.29, 1.82) is 0 Å². The number of aromatic nitrogens is 3. The number of morpholine rings is 1. The molecule has 0 bridgehead atoms. The van der Waals surface area contributed by atoms with Crippen LogP contribution in [0.1, 0.15) is 13.8 Å². The second-order valence-electron chi connectivity index (χ2n) is 5.22. The molecule has 0 amide bonds. The lowest BCUT2D eigenvalue weighted by Crippen LogP contribution is -2.37. The van der Waals surface area contributed by atoms with Gasteiger partial charge in [0.1, 0.15) is 0 Å². The second-order valence-corrected chi connectivity index (χ2v) is 5.56. The zero-order valence-corrected chi connectivity index (χ0v) is 13.3. The molecule has 0 unspecified atom stereocenters. The van der Waals surface area contributed by atoms with Gasteiger partial charge in [0.25, 0.3) is 0 Å². The van der Waals surface area contributed by atoms with E-state index in [1.54, 1.807) is 0 Å². The minimum Gasteiger partial charge on any atom is -0.379 e. The molecule has 7 nitrogen and oxygen atoms in total. The molecule has 2 rings (SSSR count). The normalized spacial score (nSPS) is 15.5. The Morgan fingerprint density at radius 3 is 2.76 bits per heavy atom. The Morgan fingerprint density at radius 1 is 1.29 bits per heavy atom. The first kappa shape index (κ1) is 16.2. The van der Waals surface area contributed by atoms with Crippen LogP contribution in [0.5, 0.6) is 0 Å². The summed E-state index contributed by atoms with van der Waals surface area (Å²) in [5.74, 6) is 1.60. The number of nitrogens with zero attached hydrogens (tertiary/aromatic N) is 4. The van der Waals surface area contributed by atoms with E-state index >= 15 is 0 Å². The molecular formula is C13H22ClN5O2. The lowest BCUT2D eigenvalue weighted by molar-refractivity contribution is 0.118. The summed E-state index contributed by atoms with van der Waals surface area (Å²) in [6, 6.07) is 0. The van der Waals surface area contributed by atoms with E-state index in [-0.39, 0.29) is 5.28 Å². The fourth-order valence-corrected chi connectivity index (χ4v) is 2.03. The van der Waals surface area contributed by atoms with Crippen molar-refractivity contribution < 1.29 is 9.47 Å². The molecule has 1 aliphatic heterocycles. The summed E-state index contributed by atoms with van der Waals surface area (Å²) in [6.07, 6.45) is 0. The first-order chi connectivity index (χ1) is 10.1. The van der Waals surface area contributed by atoms with Crippen molar-refractivity contribution in [2.45, 2.75) is 13.8 Å². The van der Waals surface area contributed by atoms with Crippen LogP contribution in [0.4, 0.5) is 11.9 Å². The van der Waals surface area contributed by atoms with E-state index in [2.05, 4.69) is 34.1 Å². The molecule has 0 saturated carbocycles. The van der Waals surface area contributed by atoms with Crippen molar-refractivity contribution in [3.8, 4) is 0 Å². The molecule has 0 spiro atoms. The fourth-order valence-electron chi connectivity index (χ4n) is 1.88. The van der Waals surface area contributed by atoms with Gasteiger partial charge in [-0.1, -0.05) is 13.8 Å². The predicted octanol–water partition coefficient (Wildman–Crippen LogP) is 1.45. The molecule has 1 fully saturated rings. The largest absolute Gasteiger partial charge is 0.379 e. The minimum atomic E-state index is 0.192. The number of ether oxygens (including phenoxy) is 2. The highest BCUT2D eigenvalue weighted by molar-refractivity contribution is 6.28. The Morgan fingerprint density at radius 2 is 2.05 bits per heavy atom. The van der Waals surface area contributed by atoms with Crippen LogP contribution in [0.15, 0.2) is 0 Å². The minimum absolute atomic E-state index is 0.192. The Kier molecular flexibility index (Phi) is 6.41. The van der Waals surface area contributed by atoms with Gasteiger partial charge in [0.05, 0.1) is 19.8 Å². The van der Waals surface area contributed by atoms with Gasteiger partial charge in [-0.2, -0.15) is 15.0 Å². The maximum atomic E-state index is 5.96. The van der Waals surface area contributed by atoms with Gasteiger partial charge < -0.3 is 19.7 Å². The Labute approximate surface area is 130 Å². The summed E-state index contributed by atoms with van der Waals surface area (Å²) in [7, 11) is 0. The lowest BCUT2D eigenvalue weighted by Gasteiger charge is -2.26. The zero-order chi connectivity index (χ0) is 15.1. The van der Waals surface area contributed by atoms with Crippen LogP contribution >= 0.6 is 11.6 Å². The molecule has 0 atom stereocenters. The molecule has 8 heteroatoms. The molecule has 0 radical (unpaired) electrons. The third-order valence-corrected chi connectivity index (χ3v) is 3.04. The van der Waals surface area contributed by atoms with E-state index in [9.17, 15) is 0 Å². The highest BCUT2D eigenvalue weighted by Gasteiger charge is 2.15. The molecule has 118 valence electrons. The topological polar surface area (TPSA) is 72.4 Å². The van der Waals surface area contributed by atoms with E-state index in [4.69, 9.17) is 21.1 Å². The number of rotatable bonds is 7. The van der Waals surface area contributed by atoms with Crippen LogP contribution in [0.3, 0.4) is 0 Å². The number of hydrogen-bond acceptors (Lipinski definition) is 7. The summed E-state index contributed by atoms with van der Waals surface area (Å²) in [6.45, 7) is 9.10. The van der Waals surface area contributed by atoms with Gasteiger partial charge in [-0.05, 0) is 17.5 Å². The zero-order valence-electron chi connectivity index (χ0n) is 12.5. The van der Waals surface area contributed by atoms with E-state index in [0.717, 1.165) is 19.7 Å². The van der Waals surface area contributed by atoms with Gasteiger partial charge in [0.15, 0.2) is 0 Å². The van der Waals surface area contributed by atoms with Crippen molar-refractivity contribution in [2.75, 3.05) is 56.3 Å². The molecule has 1 aliphatic rings. The number of anilines is 2. The fraction of sp³-hybridized carbons (Fsp3) is 0.769. The maximum Gasteiger partial charge on any atom is 0.231 e. The summed E-state index contributed by atoms with van der Waals surface area (Å²) in [5, 5.41) is 3.30. The lowest BCUT2D eigenvalue weighted by atomic mass is 10.2. The van der Waals surface area contributed by atoms with E-state index in [0.29, 0.717) is 44.2 Å². The van der Waals surface area contributed by atoms with Crippen molar-refractivity contribution in [1.82, 2.24) is 15.0 Å². The molecule has 1 aromatic rings. The standard InChI is InChI=1S/C13H22ClN5O2/c1-10(2)9-21-6-3-15-12-16-11(14)17-13(18-12)19-4-7-20-8-5-19/h10H,3-9H2,1-2H3,(H,15,16,17,18). The van der Waals surface area contributed by atoms with E-state index < -0.39 is 0 Å². The van der Waals surface area contributed by atoms with Gasteiger partial charge in [-0.3, -0.25) is 0 Å². The van der Waals surface area contributed by atoms with Crippen LogP contribution < -0.4 is 10.2 Å². The highest BCUT2D eigenvalue weighted by Crippen LogP contribution is 2.14. The van der Waals surface area contributed by atoms with Crippen LogP contribution in [-0.4, -0.2) is 61.0 Å². The number of halogens is 1. The van der Waals surface area contributed by atoms with Gasteiger partial charge in [-0.15, -0.1) is 0 Å². The average molecular weight is 316 g/mol. The first-order valence-corrected chi connectivity index (χ1v) is 7.59. The van der Waals surface area contributed by atoms with Gasteiger partial charge in [0, 0.05) is 26.2 Å². The van der Waals surface area contributed by atoms with Crippen LogP contribution in [0, 0.1) is 5.92 Å². The monoisotopic (exact) mass is 315 g/mol. The van der Waals surface area contributed by atoms with Gasteiger partial charge in [-0.25, -0.2) is 0 Å². The Hall–Kier alpha value is -1.18. The summed E-state index contributed by atoms with van der Waals surface area (Å²) >= 11 is 5.96. The number of hydrogen-bond donors (Lipinski definition) is 1. The highest BCUT2D eigenvalue weighted by atomic mass is 35.5. The third-order valence-electron chi connectivity index (χ3n) is 2.87. The van der Waals surface area contributed by atoms with Crippen LogP contribution in [-0.2, 0) is 9.47 Å². The molecule has 0 aromatic carbocycles. The molecule has 1 N–H and O–H groups in total. The molecule has 1 saturated heterocycles. The Bertz CT molecular complexity index is 441. The van der Waals surface area contributed by atoms with Crippen LogP contribution in [0.25, 0.3) is 0 Å². The van der Waals surface area contributed by atoms with Crippen molar-refractivity contribution in [3.63, 3.8) is 0 Å². The summed E-state index contributed by atoms with van der Waals surface area (Å²) < 4.78 is 10.8. The Balaban J connectivity index is 1.86. The first-order valence-electron chi connectivity index (χ1n) is 7.21. The molecule has 0 aliphatic carbocycles. The number of nitrogens with one attached hydrogen (secondary N) is 1. The van der Waals surface area contributed by atoms with Crippen molar-refractivity contribution in [2.24, 2.45) is 5.92 Å². The molecule has 2 heterocycles. The summed E-state index contributed by atoms with van der Waals surface area (Å²) in [4.78, 5) is 14.7. The van der Waals surface area contributed by atoms with Crippen molar-refractivity contribution in [3.05, 3.63) is 5.28 Å². The van der Waals surface area contributed by atoms with Gasteiger partial charge >= 0.3 is 0 Å². The average Bonchev–Trinajstić information content (AvgIpc) is 2.47. The molecule has 21 heavy (non-hydrogen) atoms. The third kappa shape index (κ3) is 5.61. The van der Waals surface area contributed by atoms with E-state index in [1.165, 1.54) is 0 Å². The van der Waals surface area contributed by atoms with Gasteiger partial charge in [0.2, 0.25) is 17.2 Å². The second kappa shape index (κ2) is 8.31. The SMILES string of the molecule is CC(C)COCCNc1nc(Cl)nc(N2CCOCC2)n1. The molecule has 1 aromatic heterocycles.